The van der Waals surface area contributed by atoms with Crippen LogP contribution in [0.3, 0.4) is 0 Å². The van der Waals surface area contributed by atoms with Crippen LogP contribution in [0.2, 0.25) is 5.02 Å². The van der Waals surface area contributed by atoms with Crippen molar-refractivity contribution in [3.05, 3.63) is 51.4 Å². The molecular weight excluding hydrogens is 304 g/mol. The molecular formula is C15H19ClN4O2. The third-order valence-corrected chi connectivity index (χ3v) is 3.78. The van der Waals surface area contributed by atoms with Gasteiger partial charge in [0, 0.05) is 6.54 Å². The van der Waals surface area contributed by atoms with Gasteiger partial charge in [-0.2, -0.15) is 5.10 Å². The van der Waals surface area contributed by atoms with Gasteiger partial charge in [-0.15, -0.1) is 0 Å². The minimum Gasteiger partial charge on any atom is -0.497 e. The third kappa shape index (κ3) is 3.78. The van der Waals surface area contributed by atoms with E-state index in [9.17, 15) is 4.79 Å². The lowest BCUT2D eigenvalue weighted by Crippen LogP contribution is -2.27. The van der Waals surface area contributed by atoms with Gasteiger partial charge in [0.05, 0.1) is 25.0 Å². The van der Waals surface area contributed by atoms with Gasteiger partial charge in [-0.05, 0) is 31.8 Å². The number of aromatic nitrogens is 2. The number of hydrogen-bond acceptors (Lipinski definition) is 5. The van der Waals surface area contributed by atoms with E-state index in [1.54, 1.807) is 7.11 Å². The van der Waals surface area contributed by atoms with Gasteiger partial charge in [0.25, 0.3) is 5.56 Å². The number of aromatic amines is 1. The maximum atomic E-state index is 11.4. The average molecular weight is 323 g/mol. The predicted octanol–water partition coefficient (Wildman–Crippen LogP) is 2.15. The maximum Gasteiger partial charge on any atom is 0.285 e. The molecule has 0 aliphatic carbocycles. The van der Waals surface area contributed by atoms with Crippen molar-refractivity contribution in [2.45, 2.75) is 6.04 Å². The number of nitrogens with one attached hydrogen (secondary N) is 2. The van der Waals surface area contributed by atoms with Crippen LogP contribution in [0, 0.1) is 0 Å². The smallest absolute Gasteiger partial charge is 0.285 e. The summed E-state index contributed by atoms with van der Waals surface area (Å²) in [5.41, 5.74) is 1.25. The van der Waals surface area contributed by atoms with Gasteiger partial charge in [0.1, 0.15) is 10.8 Å². The van der Waals surface area contributed by atoms with Crippen molar-refractivity contribution >= 4 is 17.3 Å². The van der Waals surface area contributed by atoms with Crippen molar-refractivity contribution in [1.29, 1.82) is 0 Å². The van der Waals surface area contributed by atoms with Crippen LogP contribution in [0.4, 0.5) is 5.69 Å². The highest BCUT2D eigenvalue weighted by molar-refractivity contribution is 6.32. The molecule has 2 N–H and O–H groups in total. The Hall–Kier alpha value is -2.05. The summed E-state index contributed by atoms with van der Waals surface area (Å²) < 4.78 is 5.17. The molecule has 22 heavy (non-hydrogen) atoms. The lowest BCUT2D eigenvalue weighted by atomic mass is 10.1. The van der Waals surface area contributed by atoms with Crippen LogP contribution in [0.5, 0.6) is 5.75 Å². The normalized spacial score (nSPS) is 12.2. The first-order chi connectivity index (χ1) is 10.5. The van der Waals surface area contributed by atoms with Gasteiger partial charge < -0.3 is 15.0 Å². The lowest BCUT2D eigenvalue weighted by molar-refractivity contribution is 0.311. The Kier molecular flexibility index (Phi) is 5.41. The number of H-pyrrole nitrogens is 1. The zero-order valence-electron chi connectivity index (χ0n) is 12.8. The van der Waals surface area contributed by atoms with E-state index in [2.05, 4.69) is 20.4 Å². The summed E-state index contributed by atoms with van der Waals surface area (Å²) in [6.45, 7) is 0.587. The van der Waals surface area contributed by atoms with E-state index < -0.39 is 5.56 Å². The van der Waals surface area contributed by atoms with Crippen LogP contribution >= 0.6 is 11.6 Å². The van der Waals surface area contributed by atoms with Crippen molar-refractivity contribution < 1.29 is 4.74 Å². The molecule has 1 atom stereocenters. The van der Waals surface area contributed by atoms with E-state index in [0.29, 0.717) is 12.2 Å². The summed E-state index contributed by atoms with van der Waals surface area (Å²) in [4.78, 5) is 13.5. The maximum absolute atomic E-state index is 11.4. The fourth-order valence-corrected chi connectivity index (χ4v) is 2.30. The summed E-state index contributed by atoms with van der Waals surface area (Å²) in [5, 5.41) is 9.33. The minimum absolute atomic E-state index is 0.112. The molecule has 2 aromatic rings. The number of hydrogen-bond donors (Lipinski definition) is 2. The average Bonchev–Trinajstić information content (AvgIpc) is 2.52. The molecule has 0 saturated carbocycles. The fourth-order valence-electron chi connectivity index (χ4n) is 2.14. The Labute approximate surface area is 134 Å². The number of rotatable bonds is 6. The van der Waals surface area contributed by atoms with Crippen LogP contribution in [0.1, 0.15) is 11.6 Å². The van der Waals surface area contributed by atoms with E-state index in [-0.39, 0.29) is 11.1 Å². The van der Waals surface area contributed by atoms with E-state index in [1.807, 2.05) is 38.4 Å². The van der Waals surface area contributed by atoms with Crippen molar-refractivity contribution in [2.75, 3.05) is 33.1 Å². The zero-order valence-corrected chi connectivity index (χ0v) is 13.5. The summed E-state index contributed by atoms with van der Waals surface area (Å²) in [6.07, 6.45) is 1.50. The van der Waals surface area contributed by atoms with Crippen LogP contribution in [-0.2, 0) is 0 Å². The summed E-state index contributed by atoms with van der Waals surface area (Å²) in [7, 11) is 5.63. The number of likely N-dealkylation sites (N-methyl/N-ethyl adjacent to an activating group) is 1. The molecule has 1 heterocycles. The Bertz CT molecular complexity index is 670. The SMILES string of the molecule is COc1ccc(C(CNc2cn[nH]c(=O)c2Cl)N(C)C)cc1. The number of halogens is 1. The topological polar surface area (TPSA) is 70.2 Å². The monoisotopic (exact) mass is 322 g/mol. The highest BCUT2D eigenvalue weighted by Gasteiger charge is 2.15. The van der Waals surface area contributed by atoms with Crippen LogP contribution < -0.4 is 15.6 Å². The largest absolute Gasteiger partial charge is 0.497 e. The third-order valence-electron chi connectivity index (χ3n) is 3.41. The van der Waals surface area contributed by atoms with Crippen LogP contribution in [0.25, 0.3) is 0 Å². The van der Waals surface area contributed by atoms with E-state index >= 15 is 0 Å². The standard InChI is InChI=1S/C15H19ClN4O2/c1-20(2)13(10-4-6-11(22-3)7-5-10)9-17-12-8-18-19-15(21)14(12)16/h4-8,13H,9H2,1-3H3,(H2,17,19,21). The predicted molar refractivity (Wildman–Crippen MR) is 87.8 cm³/mol. The molecule has 0 saturated heterocycles. The van der Waals surface area contributed by atoms with Gasteiger partial charge in [-0.25, -0.2) is 5.10 Å². The molecule has 118 valence electrons. The van der Waals surface area contributed by atoms with Gasteiger partial charge in [-0.3, -0.25) is 4.79 Å². The van der Waals surface area contributed by atoms with Crippen molar-refractivity contribution in [3.8, 4) is 5.75 Å². The van der Waals surface area contributed by atoms with Gasteiger partial charge in [0.15, 0.2) is 0 Å². The molecule has 0 amide bonds. The first-order valence-corrected chi connectivity index (χ1v) is 7.18. The molecule has 0 spiro atoms. The van der Waals surface area contributed by atoms with Crippen molar-refractivity contribution in [3.63, 3.8) is 0 Å². The molecule has 6 nitrogen and oxygen atoms in total. The Morgan fingerprint density at radius 3 is 2.64 bits per heavy atom. The van der Waals surface area contributed by atoms with Crippen LogP contribution in [-0.4, -0.2) is 42.8 Å². The summed E-state index contributed by atoms with van der Waals surface area (Å²) in [6, 6.07) is 7.99. The molecule has 0 bridgehead atoms. The highest BCUT2D eigenvalue weighted by atomic mass is 35.5. The molecule has 1 unspecified atom stereocenters. The van der Waals surface area contributed by atoms with E-state index in [1.165, 1.54) is 6.20 Å². The van der Waals surface area contributed by atoms with Gasteiger partial charge in [-0.1, -0.05) is 23.7 Å². The molecule has 1 aromatic heterocycles. The second-order valence-corrected chi connectivity index (χ2v) is 5.44. The molecule has 7 heteroatoms. The van der Waals surface area contributed by atoms with Gasteiger partial charge >= 0.3 is 0 Å². The first-order valence-electron chi connectivity index (χ1n) is 6.80. The first kappa shape index (κ1) is 16.3. The number of methoxy groups -OCH3 is 1. The number of nitrogens with zero attached hydrogens (tertiary/aromatic N) is 2. The Balaban J connectivity index is 2.15. The second kappa shape index (κ2) is 7.29. The molecule has 0 fully saturated rings. The lowest BCUT2D eigenvalue weighted by Gasteiger charge is -2.25. The second-order valence-electron chi connectivity index (χ2n) is 5.06. The summed E-state index contributed by atoms with van der Waals surface area (Å²) in [5.74, 6) is 0.816. The van der Waals surface area contributed by atoms with E-state index in [0.717, 1.165) is 11.3 Å². The number of ether oxygens (including phenoxy) is 1. The Morgan fingerprint density at radius 2 is 2.05 bits per heavy atom. The molecule has 0 aliphatic rings. The minimum atomic E-state index is -0.405. The molecule has 1 aromatic carbocycles. The summed E-state index contributed by atoms with van der Waals surface area (Å²) >= 11 is 5.97. The van der Waals surface area contributed by atoms with Crippen molar-refractivity contribution in [1.82, 2.24) is 15.1 Å². The van der Waals surface area contributed by atoms with Crippen LogP contribution in [0.15, 0.2) is 35.3 Å². The Morgan fingerprint density at radius 1 is 1.36 bits per heavy atom. The number of anilines is 1. The van der Waals surface area contributed by atoms with Gasteiger partial charge in [0.2, 0.25) is 0 Å². The molecule has 0 radical (unpaired) electrons. The van der Waals surface area contributed by atoms with Crippen molar-refractivity contribution in [2.24, 2.45) is 0 Å². The molecule has 2 rings (SSSR count). The number of benzene rings is 1. The fraction of sp³-hybridized carbons (Fsp3) is 0.333. The molecule has 0 aliphatic heterocycles. The quantitative estimate of drug-likeness (QED) is 0.852. The highest BCUT2D eigenvalue weighted by Crippen LogP contribution is 2.23. The zero-order chi connectivity index (χ0) is 16.1. The van der Waals surface area contributed by atoms with E-state index in [4.69, 9.17) is 16.3 Å².